The van der Waals surface area contributed by atoms with Gasteiger partial charge in [-0.2, -0.15) is 0 Å². The number of esters is 10. The van der Waals surface area contributed by atoms with Gasteiger partial charge in [-0.3, -0.25) is 47.9 Å². The van der Waals surface area contributed by atoms with Crippen LogP contribution in [0.5, 0.6) is 0 Å². The Hall–Kier alpha value is -5.32. The smallest absolute Gasteiger partial charge is 0.303 e. The highest BCUT2D eigenvalue weighted by molar-refractivity contribution is 6.76. The van der Waals surface area contributed by atoms with Gasteiger partial charge in [-0.25, -0.2) is 0 Å². The van der Waals surface area contributed by atoms with Crippen LogP contribution in [-0.4, -0.2) is 186 Å². The summed E-state index contributed by atoms with van der Waals surface area (Å²) in [6.45, 7) is 14.5. The summed E-state index contributed by atoms with van der Waals surface area (Å²) in [7, 11) is -1.74. The van der Waals surface area contributed by atoms with Gasteiger partial charge < -0.3 is 75.8 Å². The maximum atomic E-state index is 13.1. The van der Waals surface area contributed by atoms with Gasteiger partial charge in [0.05, 0.1) is 0 Å². The molecule has 0 N–H and O–H groups in total. The van der Waals surface area contributed by atoms with Crippen molar-refractivity contribution in [2.75, 3.05) is 26.4 Å². The van der Waals surface area contributed by atoms with Gasteiger partial charge in [0.25, 0.3) is 0 Å². The summed E-state index contributed by atoms with van der Waals surface area (Å²) < 4.78 is 92.9. The van der Waals surface area contributed by atoms with E-state index >= 15 is 0 Å². The lowest BCUT2D eigenvalue weighted by Gasteiger charge is -2.50. The average molecular weight is 1030 g/mol. The molecule has 26 nitrogen and oxygen atoms in total. The zero-order valence-electron chi connectivity index (χ0n) is 41.3. The zero-order valence-corrected chi connectivity index (χ0v) is 42.3. The van der Waals surface area contributed by atoms with Gasteiger partial charge in [0.2, 0.25) is 0 Å². The number of rotatable bonds is 21. The Morgan fingerprint density at radius 1 is 0.343 bits per heavy atom. The Morgan fingerprint density at radius 2 is 0.600 bits per heavy atom. The molecule has 0 unspecified atom stereocenters. The van der Waals surface area contributed by atoms with Gasteiger partial charge in [-0.1, -0.05) is 19.6 Å². The summed E-state index contributed by atoms with van der Waals surface area (Å²) in [4.78, 5) is 126. The molecule has 3 heterocycles. The van der Waals surface area contributed by atoms with E-state index in [-0.39, 0.29) is 6.61 Å². The van der Waals surface area contributed by atoms with E-state index < -0.39 is 180 Å². The first kappa shape index (κ1) is 59.0. The molecule has 3 rings (SSSR count). The monoisotopic (exact) mass is 1020 g/mol. The van der Waals surface area contributed by atoms with Crippen LogP contribution in [0.4, 0.5) is 0 Å². The van der Waals surface area contributed by atoms with E-state index in [9.17, 15) is 47.9 Å². The Morgan fingerprint density at radius 3 is 0.900 bits per heavy atom. The fraction of sp³-hybridized carbons (Fsp3) is 0.767. The first-order valence-corrected chi connectivity index (χ1v) is 25.8. The Labute approximate surface area is 404 Å². The van der Waals surface area contributed by atoms with Gasteiger partial charge in [0.15, 0.2) is 61.6 Å². The van der Waals surface area contributed by atoms with E-state index in [0.29, 0.717) is 6.04 Å². The van der Waals surface area contributed by atoms with Gasteiger partial charge in [0.1, 0.15) is 50.3 Å². The molecule has 0 bridgehead atoms. The Bertz CT molecular complexity index is 1880. The Kier molecular flexibility index (Phi) is 22.6. The standard InChI is InChI=1S/C43H64O26Si/c1-19(44)55-16-29-32(58-22(4)47)35(59-23(5)48)39(63-27(9)52)42(66-29)69-34-31(18-57-21(3)46)67-43(40(64-28(10)53)37(34)61-25(7)50)68-33-30(17-56-20(2)45)65-41(54-14-15-70(11,12)13)38(62-26(8)51)36(33)60-24(6)49/h29-43H,14-18H2,1-13H3/t29-,30-,31-,32+,33+,34+,35+,36+,37+,38-,39-,40-,41-,42-,43-/m1/s1. The number of carbonyl (C=O) groups is 10. The SMILES string of the molecule is CC(=O)OC[C@H]1O[C@H](O[C@@H]2[C@H](OC(C)=O)[C@@H](OC(C)=O)[C@@H](O[C@@H]3[C@H](OC(C)=O)[C@@H](OC(C)=O)[C@H](OCC[Si](C)(C)C)O[C@@H]3COC(C)=O)O[C@@H]2COC(C)=O)[C@H](OC(C)=O)[C@@H](OC(C)=O)[C@H]1OC(C)=O. The molecular weight excluding hydrogens is 961 g/mol. The zero-order chi connectivity index (χ0) is 52.8. The van der Waals surface area contributed by atoms with Crippen LogP contribution in [0, 0.1) is 0 Å². The van der Waals surface area contributed by atoms with E-state index in [1.807, 2.05) is 0 Å². The molecule has 3 fully saturated rings. The summed E-state index contributed by atoms with van der Waals surface area (Å²) in [5.41, 5.74) is 0. The first-order valence-electron chi connectivity index (χ1n) is 22.1. The van der Waals surface area contributed by atoms with Crippen molar-refractivity contribution in [1.29, 1.82) is 0 Å². The van der Waals surface area contributed by atoms with Gasteiger partial charge in [-0.05, 0) is 6.04 Å². The summed E-state index contributed by atoms with van der Waals surface area (Å²) >= 11 is 0. The third-order valence-corrected chi connectivity index (χ3v) is 11.7. The summed E-state index contributed by atoms with van der Waals surface area (Å²) in [6.07, 6.45) is -25.9. The molecule has 3 aliphatic rings. The molecule has 0 spiro atoms. The molecule has 27 heteroatoms. The minimum absolute atomic E-state index is 0.0971. The van der Waals surface area contributed by atoms with Crippen molar-refractivity contribution in [3.05, 3.63) is 0 Å². The molecule has 70 heavy (non-hydrogen) atoms. The molecule has 396 valence electrons. The minimum atomic E-state index is -1.99. The van der Waals surface area contributed by atoms with E-state index in [1.165, 1.54) is 0 Å². The molecule has 0 aliphatic carbocycles. The van der Waals surface area contributed by atoms with Crippen molar-refractivity contribution < 1.29 is 124 Å². The average Bonchev–Trinajstić information content (AvgIpc) is 3.20. The van der Waals surface area contributed by atoms with Gasteiger partial charge in [-0.15, -0.1) is 0 Å². The summed E-state index contributed by atoms with van der Waals surface area (Å²) in [6, 6.07) is 0.606. The third kappa shape index (κ3) is 18.8. The van der Waals surface area contributed by atoms with Crippen molar-refractivity contribution in [3.8, 4) is 0 Å². The predicted molar refractivity (Wildman–Crippen MR) is 229 cm³/mol. The third-order valence-electron chi connectivity index (χ3n) is 9.96. The highest BCUT2D eigenvalue weighted by atomic mass is 28.3. The van der Waals surface area contributed by atoms with E-state index in [0.717, 1.165) is 69.2 Å². The Balaban J connectivity index is 2.30. The van der Waals surface area contributed by atoms with Crippen LogP contribution in [0.25, 0.3) is 0 Å². The molecule has 0 amide bonds. The fourth-order valence-electron chi connectivity index (χ4n) is 7.37. The lowest BCUT2D eigenvalue weighted by Crippen LogP contribution is -2.69. The molecule has 15 atom stereocenters. The molecule has 3 aliphatic heterocycles. The first-order chi connectivity index (χ1) is 32.6. The van der Waals surface area contributed by atoms with Crippen LogP contribution >= 0.6 is 0 Å². The highest BCUT2D eigenvalue weighted by Crippen LogP contribution is 2.38. The second kappa shape index (κ2) is 26.8. The molecule has 0 radical (unpaired) electrons. The molecule has 0 aromatic carbocycles. The van der Waals surface area contributed by atoms with E-state index in [1.54, 1.807) is 0 Å². The number of ether oxygens (including phenoxy) is 16. The lowest BCUT2D eigenvalue weighted by molar-refractivity contribution is -0.380. The van der Waals surface area contributed by atoms with Crippen LogP contribution in [0.2, 0.25) is 25.7 Å². The molecular formula is C43H64O26Si. The summed E-state index contributed by atoms with van der Waals surface area (Å²) in [5, 5.41) is 0. The van der Waals surface area contributed by atoms with Crippen LogP contribution < -0.4 is 0 Å². The topological polar surface area (TPSA) is 318 Å². The van der Waals surface area contributed by atoms with Crippen molar-refractivity contribution in [3.63, 3.8) is 0 Å². The van der Waals surface area contributed by atoms with Crippen molar-refractivity contribution in [2.24, 2.45) is 0 Å². The highest BCUT2D eigenvalue weighted by Gasteiger charge is 2.60. The second-order valence-corrected chi connectivity index (χ2v) is 23.1. The van der Waals surface area contributed by atoms with Crippen LogP contribution in [0.3, 0.4) is 0 Å². The van der Waals surface area contributed by atoms with Crippen LogP contribution in [0.15, 0.2) is 0 Å². The van der Waals surface area contributed by atoms with E-state index in [4.69, 9.17) is 75.8 Å². The van der Waals surface area contributed by atoms with E-state index in [2.05, 4.69) is 19.6 Å². The minimum Gasteiger partial charge on any atom is -0.463 e. The molecule has 0 aromatic rings. The van der Waals surface area contributed by atoms with Crippen molar-refractivity contribution >= 4 is 67.8 Å². The van der Waals surface area contributed by atoms with Crippen molar-refractivity contribution in [1.82, 2.24) is 0 Å². The molecule has 3 saturated heterocycles. The molecule has 0 aromatic heterocycles. The van der Waals surface area contributed by atoms with Crippen molar-refractivity contribution in [2.45, 2.75) is 187 Å². The van der Waals surface area contributed by atoms with Gasteiger partial charge in [0, 0.05) is 83.9 Å². The predicted octanol–water partition coefficient (Wildman–Crippen LogP) is 0.498. The maximum absolute atomic E-state index is 13.1. The quantitative estimate of drug-likeness (QED) is 0.0858. The number of carbonyl (C=O) groups excluding carboxylic acids is 10. The number of hydrogen-bond donors (Lipinski definition) is 0. The second-order valence-electron chi connectivity index (χ2n) is 17.4. The van der Waals surface area contributed by atoms with Crippen LogP contribution in [0.1, 0.15) is 69.2 Å². The maximum Gasteiger partial charge on any atom is 0.303 e. The largest absolute Gasteiger partial charge is 0.463 e. The molecule has 0 saturated carbocycles. The summed E-state index contributed by atoms with van der Waals surface area (Å²) in [5.74, 6) is -9.25. The fourth-order valence-corrected chi connectivity index (χ4v) is 8.10. The normalized spacial score (nSPS) is 30.8. The lowest BCUT2D eigenvalue weighted by atomic mass is 9.95. The van der Waals surface area contributed by atoms with Gasteiger partial charge >= 0.3 is 59.7 Å². The number of hydrogen-bond acceptors (Lipinski definition) is 26. The van der Waals surface area contributed by atoms with Crippen LogP contribution in [-0.2, 0) is 124 Å².